The van der Waals surface area contributed by atoms with Crippen LogP contribution >= 0.6 is 11.3 Å². The predicted molar refractivity (Wildman–Crippen MR) is 101 cm³/mol. The van der Waals surface area contributed by atoms with Crippen LogP contribution in [0.25, 0.3) is 0 Å². The summed E-state index contributed by atoms with van der Waals surface area (Å²) in [7, 11) is 0. The van der Waals surface area contributed by atoms with Gasteiger partial charge in [-0.25, -0.2) is 0 Å². The number of aromatic hydroxyl groups is 1. The second kappa shape index (κ2) is 8.16. The minimum Gasteiger partial charge on any atom is -0.508 e. The molecule has 1 heterocycles. The Kier molecular flexibility index (Phi) is 6.20. The summed E-state index contributed by atoms with van der Waals surface area (Å²) < 4.78 is 0. The maximum absolute atomic E-state index is 12.4. The number of primary amides is 1. The Bertz CT molecular complexity index is 796. The van der Waals surface area contributed by atoms with Gasteiger partial charge in [0.25, 0.3) is 5.91 Å². The van der Waals surface area contributed by atoms with Crippen LogP contribution in [-0.4, -0.2) is 16.9 Å². The van der Waals surface area contributed by atoms with Crippen molar-refractivity contribution in [1.29, 1.82) is 0 Å². The SMILES string of the molecule is CCCc1c(CC)sc(NC(=O)Cc2ccc(O)cc2C)c1C(N)=O. The zero-order valence-electron chi connectivity index (χ0n) is 14.8. The van der Waals surface area contributed by atoms with Crippen molar-refractivity contribution < 1.29 is 14.7 Å². The van der Waals surface area contributed by atoms with Gasteiger partial charge in [-0.3, -0.25) is 9.59 Å². The molecule has 0 spiro atoms. The number of anilines is 1. The van der Waals surface area contributed by atoms with Crippen LogP contribution in [0.15, 0.2) is 18.2 Å². The average Bonchev–Trinajstić information content (AvgIpc) is 2.88. The number of phenolic OH excluding ortho intramolecular Hbond substituents is 1. The second-order valence-electron chi connectivity index (χ2n) is 6.01. The van der Waals surface area contributed by atoms with Gasteiger partial charge in [0.2, 0.25) is 5.91 Å². The second-order valence-corrected chi connectivity index (χ2v) is 7.12. The largest absolute Gasteiger partial charge is 0.508 e. The molecular formula is C19H24N2O3S. The molecule has 0 atom stereocenters. The Morgan fingerprint density at radius 3 is 2.56 bits per heavy atom. The number of hydrogen-bond acceptors (Lipinski definition) is 4. The molecule has 0 saturated heterocycles. The van der Waals surface area contributed by atoms with Crippen molar-refractivity contribution >= 4 is 28.2 Å². The molecular weight excluding hydrogens is 336 g/mol. The Balaban J connectivity index is 2.26. The maximum Gasteiger partial charge on any atom is 0.251 e. The standard InChI is InChI=1S/C19H24N2O3S/c1-4-6-14-15(5-2)25-19(17(14)18(20)24)21-16(23)10-12-7-8-13(22)9-11(12)3/h7-9,22H,4-6,10H2,1-3H3,(H2,20,24)(H,21,23). The Morgan fingerprint density at radius 2 is 2.00 bits per heavy atom. The summed E-state index contributed by atoms with van der Waals surface area (Å²) in [5, 5.41) is 12.9. The number of carbonyl (C=O) groups is 2. The minimum atomic E-state index is -0.504. The molecule has 0 aliphatic heterocycles. The molecule has 0 radical (unpaired) electrons. The molecule has 4 N–H and O–H groups in total. The lowest BCUT2D eigenvalue weighted by atomic mass is 10.0. The van der Waals surface area contributed by atoms with Crippen molar-refractivity contribution in [3.8, 4) is 5.75 Å². The van der Waals surface area contributed by atoms with Crippen LogP contribution in [0.5, 0.6) is 5.75 Å². The number of benzene rings is 1. The molecule has 0 unspecified atom stereocenters. The predicted octanol–water partition coefficient (Wildman–Crippen LogP) is 3.56. The van der Waals surface area contributed by atoms with E-state index >= 15 is 0 Å². The van der Waals surface area contributed by atoms with Crippen molar-refractivity contribution in [2.75, 3.05) is 5.32 Å². The van der Waals surface area contributed by atoms with E-state index in [9.17, 15) is 14.7 Å². The zero-order valence-corrected chi connectivity index (χ0v) is 15.6. The van der Waals surface area contributed by atoms with Crippen molar-refractivity contribution in [1.82, 2.24) is 0 Å². The van der Waals surface area contributed by atoms with Gasteiger partial charge in [-0.05, 0) is 48.6 Å². The van der Waals surface area contributed by atoms with E-state index in [2.05, 4.69) is 5.32 Å². The molecule has 25 heavy (non-hydrogen) atoms. The van der Waals surface area contributed by atoms with Gasteiger partial charge in [0.05, 0.1) is 12.0 Å². The van der Waals surface area contributed by atoms with Crippen LogP contribution in [0.2, 0.25) is 0 Å². The monoisotopic (exact) mass is 360 g/mol. The minimum absolute atomic E-state index is 0.173. The highest BCUT2D eigenvalue weighted by atomic mass is 32.1. The summed E-state index contributed by atoms with van der Waals surface area (Å²) >= 11 is 1.43. The molecule has 134 valence electrons. The first kappa shape index (κ1) is 19.0. The Morgan fingerprint density at radius 1 is 1.28 bits per heavy atom. The number of nitrogens with one attached hydrogen (secondary N) is 1. The normalized spacial score (nSPS) is 10.7. The third kappa shape index (κ3) is 4.39. The number of amides is 2. The average molecular weight is 360 g/mol. The third-order valence-corrected chi connectivity index (χ3v) is 5.38. The van der Waals surface area contributed by atoms with Gasteiger partial charge in [0.15, 0.2) is 0 Å². The molecule has 2 rings (SSSR count). The van der Waals surface area contributed by atoms with E-state index < -0.39 is 5.91 Å². The fourth-order valence-corrected chi connectivity index (χ4v) is 4.09. The molecule has 0 fully saturated rings. The number of rotatable bonds is 7. The first-order valence-corrected chi connectivity index (χ1v) is 9.21. The van der Waals surface area contributed by atoms with E-state index in [1.165, 1.54) is 11.3 Å². The lowest BCUT2D eigenvalue weighted by molar-refractivity contribution is -0.115. The quantitative estimate of drug-likeness (QED) is 0.705. The first-order chi connectivity index (χ1) is 11.9. The maximum atomic E-state index is 12.4. The van der Waals surface area contributed by atoms with E-state index in [1.54, 1.807) is 18.2 Å². The highest BCUT2D eigenvalue weighted by molar-refractivity contribution is 7.17. The van der Waals surface area contributed by atoms with Crippen molar-refractivity contribution in [3.05, 3.63) is 45.3 Å². The lowest BCUT2D eigenvalue weighted by Crippen LogP contribution is -2.19. The third-order valence-electron chi connectivity index (χ3n) is 4.09. The topological polar surface area (TPSA) is 92.4 Å². The van der Waals surface area contributed by atoms with E-state index in [-0.39, 0.29) is 18.1 Å². The number of aryl methyl sites for hydroxylation is 2. The molecule has 2 aromatic rings. The smallest absolute Gasteiger partial charge is 0.251 e. The molecule has 1 aromatic carbocycles. The number of thiophene rings is 1. The van der Waals surface area contributed by atoms with Crippen LogP contribution in [0.3, 0.4) is 0 Å². The van der Waals surface area contributed by atoms with E-state index in [0.29, 0.717) is 10.6 Å². The first-order valence-electron chi connectivity index (χ1n) is 8.40. The number of nitrogens with two attached hydrogens (primary N) is 1. The highest BCUT2D eigenvalue weighted by Crippen LogP contribution is 2.34. The van der Waals surface area contributed by atoms with Crippen LogP contribution < -0.4 is 11.1 Å². The van der Waals surface area contributed by atoms with Crippen LogP contribution in [0.1, 0.15) is 52.2 Å². The number of carbonyl (C=O) groups excluding carboxylic acids is 2. The van der Waals surface area contributed by atoms with E-state index in [1.807, 2.05) is 20.8 Å². The molecule has 0 aliphatic carbocycles. The summed E-state index contributed by atoms with van der Waals surface area (Å²) in [4.78, 5) is 25.5. The van der Waals surface area contributed by atoms with E-state index in [0.717, 1.165) is 40.8 Å². The molecule has 1 aromatic heterocycles. The van der Waals surface area contributed by atoms with Crippen LogP contribution in [0, 0.1) is 6.92 Å². The molecule has 0 bridgehead atoms. The number of phenols is 1. The van der Waals surface area contributed by atoms with Crippen LogP contribution in [0.4, 0.5) is 5.00 Å². The van der Waals surface area contributed by atoms with Crippen LogP contribution in [-0.2, 0) is 24.1 Å². The van der Waals surface area contributed by atoms with Gasteiger partial charge in [-0.2, -0.15) is 0 Å². The van der Waals surface area contributed by atoms with E-state index in [4.69, 9.17) is 5.73 Å². The summed E-state index contributed by atoms with van der Waals surface area (Å²) in [6.07, 6.45) is 2.65. The van der Waals surface area contributed by atoms with Gasteiger partial charge >= 0.3 is 0 Å². The van der Waals surface area contributed by atoms with Crippen molar-refractivity contribution in [2.24, 2.45) is 5.73 Å². The van der Waals surface area contributed by atoms with Gasteiger partial charge in [-0.1, -0.05) is 26.3 Å². The Labute approximate surface area is 151 Å². The summed E-state index contributed by atoms with van der Waals surface area (Å²) in [6.45, 7) is 5.92. The van der Waals surface area contributed by atoms with Gasteiger partial charge in [0.1, 0.15) is 10.8 Å². The summed E-state index contributed by atoms with van der Waals surface area (Å²) in [5.41, 5.74) is 8.65. The van der Waals surface area contributed by atoms with Gasteiger partial charge in [-0.15, -0.1) is 11.3 Å². The molecule has 5 nitrogen and oxygen atoms in total. The molecule has 6 heteroatoms. The fraction of sp³-hybridized carbons (Fsp3) is 0.368. The fourth-order valence-electron chi connectivity index (χ4n) is 2.88. The number of hydrogen-bond donors (Lipinski definition) is 3. The highest BCUT2D eigenvalue weighted by Gasteiger charge is 2.22. The molecule has 0 aliphatic rings. The van der Waals surface area contributed by atoms with Gasteiger partial charge in [0, 0.05) is 4.88 Å². The molecule has 2 amide bonds. The van der Waals surface area contributed by atoms with Crippen molar-refractivity contribution in [2.45, 2.75) is 46.5 Å². The summed E-state index contributed by atoms with van der Waals surface area (Å²) in [6, 6.07) is 4.91. The van der Waals surface area contributed by atoms with Gasteiger partial charge < -0.3 is 16.2 Å². The lowest BCUT2D eigenvalue weighted by Gasteiger charge is -2.08. The Hall–Kier alpha value is -2.34. The summed E-state index contributed by atoms with van der Waals surface area (Å²) in [5.74, 6) is -0.536. The molecule has 0 saturated carbocycles. The van der Waals surface area contributed by atoms with Crippen molar-refractivity contribution in [3.63, 3.8) is 0 Å². The zero-order chi connectivity index (χ0) is 18.6.